The second-order valence-electron chi connectivity index (χ2n) is 5.63. The van der Waals surface area contributed by atoms with Crippen molar-refractivity contribution in [2.24, 2.45) is 4.99 Å². The Morgan fingerprint density at radius 1 is 1.50 bits per heavy atom. The Morgan fingerprint density at radius 2 is 2.36 bits per heavy atom. The van der Waals surface area contributed by atoms with Gasteiger partial charge in [-0.25, -0.2) is 9.59 Å². The third-order valence-corrected chi connectivity index (χ3v) is 4.06. The van der Waals surface area contributed by atoms with Gasteiger partial charge in [0.1, 0.15) is 6.67 Å². The Kier molecular flexibility index (Phi) is 3.94. The van der Waals surface area contributed by atoms with Crippen molar-refractivity contribution >= 4 is 23.0 Å². The number of aliphatic imine (C=N–C) groups is 1. The summed E-state index contributed by atoms with van der Waals surface area (Å²) in [6, 6.07) is 6.19. The number of isocyanates is 1. The highest BCUT2D eigenvalue weighted by atomic mass is 16.2. The molecule has 1 aliphatic carbocycles. The molecule has 1 aromatic heterocycles. The zero-order valence-corrected chi connectivity index (χ0v) is 12.4. The monoisotopic (exact) mass is 298 g/mol. The van der Waals surface area contributed by atoms with E-state index in [2.05, 4.69) is 45.7 Å². The van der Waals surface area contributed by atoms with Crippen LogP contribution in [0.1, 0.15) is 23.2 Å². The van der Waals surface area contributed by atoms with Crippen molar-refractivity contribution in [1.29, 1.82) is 0 Å². The molecule has 1 unspecified atom stereocenters. The molecule has 0 spiro atoms. The topological polar surface area (TPSA) is 86.3 Å². The first-order chi connectivity index (χ1) is 10.7. The Hall–Kier alpha value is -2.59. The molecule has 1 aromatic carbocycles. The maximum Gasteiger partial charge on any atom is 0.316 e. The van der Waals surface area contributed by atoms with Gasteiger partial charge in [0.2, 0.25) is 6.08 Å². The number of aromatic amines is 1. The molecule has 2 amide bonds. The van der Waals surface area contributed by atoms with Gasteiger partial charge >= 0.3 is 6.03 Å². The molecule has 0 aliphatic heterocycles. The number of fused-ring (bicyclic) bond motifs is 3. The van der Waals surface area contributed by atoms with E-state index in [0.29, 0.717) is 0 Å². The molecule has 114 valence electrons. The van der Waals surface area contributed by atoms with E-state index in [1.54, 1.807) is 0 Å². The van der Waals surface area contributed by atoms with Gasteiger partial charge in [-0.2, -0.15) is 4.99 Å². The Labute approximate surface area is 128 Å². The molecule has 1 aliphatic rings. The van der Waals surface area contributed by atoms with Gasteiger partial charge in [0.15, 0.2) is 0 Å². The number of benzene rings is 1. The second kappa shape index (κ2) is 6.03. The van der Waals surface area contributed by atoms with Gasteiger partial charge in [-0.1, -0.05) is 11.6 Å². The lowest BCUT2D eigenvalue weighted by Gasteiger charge is -2.23. The average molecular weight is 298 g/mol. The molecule has 0 fully saturated rings. The normalized spacial score (nSPS) is 16.7. The molecule has 1 atom stereocenters. The van der Waals surface area contributed by atoms with Gasteiger partial charge in [0.25, 0.3) is 0 Å². The van der Waals surface area contributed by atoms with Crippen molar-refractivity contribution in [3.63, 3.8) is 0 Å². The highest BCUT2D eigenvalue weighted by molar-refractivity contribution is 5.85. The molecule has 3 rings (SSSR count). The van der Waals surface area contributed by atoms with Crippen LogP contribution in [0.5, 0.6) is 0 Å². The summed E-state index contributed by atoms with van der Waals surface area (Å²) in [5.41, 5.74) is 4.97. The largest absolute Gasteiger partial charge is 0.358 e. The van der Waals surface area contributed by atoms with E-state index in [9.17, 15) is 9.59 Å². The predicted octanol–water partition coefficient (Wildman–Crippen LogP) is 1.93. The first kappa shape index (κ1) is 14.4. The number of nitrogens with one attached hydrogen (secondary N) is 3. The van der Waals surface area contributed by atoms with Crippen LogP contribution < -0.4 is 10.6 Å². The minimum atomic E-state index is -0.306. The van der Waals surface area contributed by atoms with Crippen LogP contribution >= 0.6 is 0 Å². The third-order valence-electron chi connectivity index (χ3n) is 4.06. The standard InChI is InChI=1S/C16H18N4O2/c1-10-2-5-14-13(6-10)12-4-3-11(7-15(12)20-14)19-16(22)18-8-17-9-21/h2,5-6,11,20H,3-4,7-8H2,1H3,(H2,18,19,22). The van der Waals surface area contributed by atoms with Gasteiger partial charge in [-0.05, 0) is 37.5 Å². The molecule has 6 nitrogen and oxygen atoms in total. The number of nitrogens with zero attached hydrogens (tertiary/aromatic N) is 1. The van der Waals surface area contributed by atoms with E-state index >= 15 is 0 Å². The van der Waals surface area contributed by atoms with E-state index in [-0.39, 0.29) is 18.7 Å². The summed E-state index contributed by atoms with van der Waals surface area (Å²) in [4.78, 5) is 28.4. The number of urea groups is 1. The van der Waals surface area contributed by atoms with Gasteiger partial charge < -0.3 is 15.6 Å². The third kappa shape index (κ3) is 2.87. The molecular formula is C16H18N4O2. The van der Waals surface area contributed by atoms with Crippen molar-refractivity contribution in [2.45, 2.75) is 32.2 Å². The van der Waals surface area contributed by atoms with E-state index in [1.165, 1.54) is 28.3 Å². The van der Waals surface area contributed by atoms with Crippen LogP contribution in [-0.4, -0.2) is 29.8 Å². The molecule has 1 heterocycles. The first-order valence-electron chi connectivity index (χ1n) is 7.35. The highest BCUT2D eigenvalue weighted by Gasteiger charge is 2.23. The molecule has 3 N–H and O–H groups in total. The van der Waals surface area contributed by atoms with Crippen molar-refractivity contribution in [3.05, 3.63) is 35.0 Å². The molecule has 6 heteroatoms. The predicted molar refractivity (Wildman–Crippen MR) is 83.5 cm³/mol. The Bertz CT molecular complexity index is 759. The zero-order chi connectivity index (χ0) is 15.5. The fourth-order valence-corrected chi connectivity index (χ4v) is 3.05. The number of carbonyl (C=O) groups excluding carboxylic acids is 2. The smallest absolute Gasteiger partial charge is 0.316 e. The summed E-state index contributed by atoms with van der Waals surface area (Å²) in [6.45, 7) is 2.05. The number of aryl methyl sites for hydroxylation is 2. The van der Waals surface area contributed by atoms with Crippen LogP contribution in [0.2, 0.25) is 0 Å². The Morgan fingerprint density at radius 3 is 3.18 bits per heavy atom. The fourth-order valence-electron chi connectivity index (χ4n) is 3.05. The fraction of sp³-hybridized carbons (Fsp3) is 0.375. The molecule has 0 saturated heterocycles. The van der Waals surface area contributed by atoms with E-state index in [1.807, 2.05) is 0 Å². The zero-order valence-electron chi connectivity index (χ0n) is 12.4. The van der Waals surface area contributed by atoms with Crippen molar-refractivity contribution in [2.75, 3.05) is 6.67 Å². The number of H-pyrrole nitrogens is 1. The molecule has 0 saturated carbocycles. The number of carbonyl (C=O) groups is 1. The first-order valence-corrected chi connectivity index (χ1v) is 7.35. The van der Waals surface area contributed by atoms with Gasteiger partial charge in [0, 0.05) is 29.1 Å². The number of aromatic nitrogens is 1. The maximum atomic E-state index is 11.7. The van der Waals surface area contributed by atoms with E-state index in [0.717, 1.165) is 24.8 Å². The van der Waals surface area contributed by atoms with Crippen LogP contribution in [0.4, 0.5) is 4.79 Å². The van der Waals surface area contributed by atoms with Crippen molar-refractivity contribution < 1.29 is 9.59 Å². The summed E-state index contributed by atoms with van der Waals surface area (Å²) in [6.07, 6.45) is 4.01. The van der Waals surface area contributed by atoms with Crippen molar-refractivity contribution in [3.8, 4) is 0 Å². The SMILES string of the molecule is Cc1ccc2[nH]c3c(c2c1)CCC(NC(=O)NCN=C=O)C3. The highest BCUT2D eigenvalue weighted by Crippen LogP contribution is 2.29. The molecule has 0 radical (unpaired) electrons. The summed E-state index contributed by atoms with van der Waals surface area (Å²) in [5.74, 6) is 0. The summed E-state index contributed by atoms with van der Waals surface area (Å²) >= 11 is 0. The van der Waals surface area contributed by atoms with Crippen LogP contribution in [0.3, 0.4) is 0 Å². The number of rotatable bonds is 3. The minimum Gasteiger partial charge on any atom is -0.358 e. The van der Waals surface area contributed by atoms with E-state index < -0.39 is 0 Å². The molecule has 2 aromatic rings. The summed E-state index contributed by atoms with van der Waals surface area (Å²) < 4.78 is 0. The summed E-state index contributed by atoms with van der Waals surface area (Å²) in [5, 5.41) is 6.70. The van der Waals surface area contributed by atoms with Crippen LogP contribution in [0.15, 0.2) is 23.2 Å². The lowest BCUT2D eigenvalue weighted by Crippen LogP contribution is -2.44. The van der Waals surface area contributed by atoms with Gasteiger partial charge in [-0.15, -0.1) is 0 Å². The van der Waals surface area contributed by atoms with Gasteiger partial charge in [0.05, 0.1) is 0 Å². The number of amides is 2. The number of hydrogen-bond acceptors (Lipinski definition) is 3. The quantitative estimate of drug-likeness (QED) is 0.597. The molecule has 22 heavy (non-hydrogen) atoms. The lowest BCUT2D eigenvalue weighted by molar-refractivity contribution is 0.236. The molecular weight excluding hydrogens is 280 g/mol. The van der Waals surface area contributed by atoms with Gasteiger partial charge in [-0.3, -0.25) is 0 Å². The number of hydrogen-bond donors (Lipinski definition) is 3. The van der Waals surface area contributed by atoms with Crippen LogP contribution in [0, 0.1) is 6.92 Å². The minimum absolute atomic E-state index is 0.0427. The van der Waals surface area contributed by atoms with Crippen molar-refractivity contribution in [1.82, 2.24) is 15.6 Å². The summed E-state index contributed by atoms with van der Waals surface area (Å²) in [7, 11) is 0. The second-order valence-corrected chi connectivity index (χ2v) is 5.63. The maximum absolute atomic E-state index is 11.7. The average Bonchev–Trinajstić information content (AvgIpc) is 2.84. The van der Waals surface area contributed by atoms with Crippen LogP contribution in [0.25, 0.3) is 10.9 Å². The molecule has 0 bridgehead atoms. The van der Waals surface area contributed by atoms with E-state index in [4.69, 9.17) is 0 Å². The van der Waals surface area contributed by atoms with Crippen LogP contribution in [-0.2, 0) is 17.6 Å². The lowest BCUT2D eigenvalue weighted by atomic mass is 9.91. The Balaban J connectivity index is 1.70.